The number of benzene rings is 2. The molecule has 3 rings (SSSR count). The second-order valence-corrected chi connectivity index (χ2v) is 5.54. The van der Waals surface area contributed by atoms with Crippen molar-refractivity contribution in [2.75, 3.05) is 7.05 Å². The maximum atomic E-state index is 3.46. The Morgan fingerprint density at radius 2 is 1.74 bits per heavy atom. The first-order chi connectivity index (χ1) is 9.31. The maximum Gasteiger partial charge on any atom is 0.0591 e. The second-order valence-electron chi connectivity index (χ2n) is 4.80. The quantitative estimate of drug-likeness (QED) is 0.735. The van der Waals surface area contributed by atoms with Gasteiger partial charge < -0.3 is 5.32 Å². The number of nitrogens with one attached hydrogen (secondary N) is 1. The summed E-state index contributed by atoms with van der Waals surface area (Å²) < 4.78 is 0. The Labute approximate surface area is 117 Å². The van der Waals surface area contributed by atoms with E-state index in [1.165, 1.54) is 27.5 Å². The third kappa shape index (κ3) is 2.18. The van der Waals surface area contributed by atoms with Gasteiger partial charge in [0.2, 0.25) is 0 Å². The Hall–Kier alpha value is -1.64. The van der Waals surface area contributed by atoms with Crippen molar-refractivity contribution in [2.24, 2.45) is 0 Å². The van der Waals surface area contributed by atoms with E-state index in [2.05, 4.69) is 65.5 Å². The Balaban J connectivity index is 2.20. The summed E-state index contributed by atoms with van der Waals surface area (Å²) in [6.07, 6.45) is 0. The lowest BCUT2D eigenvalue weighted by Gasteiger charge is -2.19. The van der Waals surface area contributed by atoms with Crippen molar-refractivity contribution in [1.29, 1.82) is 0 Å². The van der Waals surface area contributed by atoms with Crippen LogP contribution in [0.3, 0.4) is 0 Å². The first kappa shape index (κ1) is 12.4. The predicted molar refractivity (Wildman–Crippen MR) is 83.9 cm³/mol. The summed E-state index contributed by atoms with van der Waals surface area (Å²) in [5.74, 6) is 0. The van der Waals surface area contributed by atoms with Crippen molar-refractivity contribution >= 4 is 22.1 Å². The van der Waals surface area contributed by atoms with Gasteiger partial charge in [-0.3, -0.25) is 0 Å². The van der Waals surface area contributed by atoms with Crippen molar-refractivity contribution in [3.05, 3.63) is 69.9 Å². The number of aryl methyl sites for hydroxylation is 1. The molecule has 0 aliphatic carbocycles. The second kappa shape index (κ2) is 5.16. The lowest BCUT2D eigenvalue weighted by Crippen LogP contribution is -2.18. The molecule has 0 saturated carbocycles. The smallest absolute Gasteiger partial charge is 0.0591 e. The topological polar surface area (TPSA) is 12.0 Å². The van der Waals surface area contributed by atoms with Crippen LogP contribution in [-0.2, 0) is 0 Å². The fourth-order valence-electron chi connectivity index (χ4n) is 2.65. The standard InChI is InChI=1S/C17H17NS/c1-12-10-19-11-16(12)17(18-2)15-9-5-7-13-6-3-4-8-14(13)15/h3-11,17-18H,1-2H3. The van der Waals surface area contributed by atoms with Gasteiger partial charge in [-0.1, -0.05) is 42.5 Å². The molecule has 2 heteroatoms. The highest BCUT2D eigenvalue weighted by Crippen LogP contribution is 2.31. The van der Waals surface area contributed by atoms with Gasteiger partial charge in [0.1, 0.15) is 0 Å². The minimum Gasteiger partial charge on any atom is -0.309 e. The number of hydrogen-bond acceptors (Lipinski definition) is 2. The normalized spacial score (nSPS) is 12.7. The zero-order valence-electron chi connectivity index (χ0n) is 11.2. The third-order valence-corrected chi connectivity index (χ3v) is 4.51. The van der Waals surface area contributed by atoms with Gasteiger partial charge in [0.05, 0.1) is 6.04 Å². The van der Waals surface area contributed by atoms with Gasteiger partial charge in [0.15, 0.2) is 0 Å². The third-order valence-electron chi connectivity index (χ3n) is 3.63. The van der Waals surface area contributed by atoms with E-state index in [4.69, 9.17) is 0 Å². The van der Waals surface area contributed by atoms with Crippen molar-refractivity contribution in [3.63, 3.8) is 0 Å². The van der Waals surface area contributed by atoms with Gasteiger partial charge in [-0.05, 0) is 52.2 Å². The van der Waals surface area contributed by atoms with E-state index in [9.17, 15) is 0 Å². The summed E-state index contributed by atoms with van der Waals surface area (Å²) in [6.45, 7) is 2.18. The van der Waals surface area contributed by atoms with Gasteiger partial charge in [-0.15, -0.1) is 0 Å². The van der Waals surface area contributed by atoms with Crippen molar-refractivity contribution in [1.82, 2.24) is 5.32 Å². The van der Waals surface area contributed by atoms with Gasteiger partial charge in [-0.25, -0.2) is 0 Å². The van der Waals surface area contributed by atoms with Crippen molar-refractivity contribution in [3.8, 4) is 0 Å². The summed E-state index contributed by atoms with van der Waals surface area (Å²) in [5.41, 5.74) is 4.09. The maximum absolute atomic E-state index is 3.46. The molecule has 0 fully saturated rings. The van der Waals surface area contributed by atoms with Crippen LogP contribution in [0, 0.1) is 6.92 Å². The van der Waals surface area contributed by atoms with E-state index in [-0.39, 0.29) is 6.04 Å². The van der Waals surface area contributed by atoms with E-state index in [0.29, 0.717) is 0 Å². The summed E-state index contributed by atoms with van der Waals surface area (Å²) in [4.78, 5) is 0. The van der Waals surface area contributed by atoms with Gasteiger partial charge in [-0.2, -0.15) is 11.3 Å². The highest BCUT2D eigenvalue weighted by atomic mass is 32.1. The Morgan fingerprint density at radius 3 is 2.47 bits per heavy atom. The molecule has 1 N–H and O–H groups in total. The monoisotopic (exact) mass is 267 g/mol. The van der Waals surface area contributed by atoms with Crippen LogP contribution in [0.25, 0.3) is 10.8 Å². The summed E-state index contributed by atoms with van der Waals surface area (Å²) in [6, 6.07) is 15.4. The van der Waals surface area contributed by atoms with Crippen LogP contribution in [0.1, 0.15) is 22.7 Å². The molecule has 96 valence electrons. The highest BCUT2D eigenvalue weighted by molar-refractivity contribution is 7.08. The molecule has 19 heavy (non-hydrogen) atoms. The van der Waals surface area contributed by atoms with E-state index in [1.54, 1.807) is 11.3 Å². The molecule has 1 heterocycles. The van der Waals surface area contributed by atoms with Crippen LogP contribution in [0.5, 0.6) is 0 Å². The van der Waals surface area contributed by atoms with Crippen LogP contribution in [-0.4, -0.2) is 7.05 Å². The number of thiophene rings is 1. The predicted octanol–water partition coefficient (Wildman–Crippen LogP) is 4.52. The molecule has 0 spiro atoms. The molecule has 0 bridgehead atoms. The Morgan fingerprint density at radius 1 is 0.947 bits per heavy atom. The van der Waals surface area contributed by atoms with E-state index in [0.717, 1.165) is 0 Å². The largest absolute Gasteiger partial charge is 0.309 e. The van der Waals surface area contributed by atoms with Crippen LogP contribution in [0.2, 0.25) is 0 Å². The van der Waals surface area contributed by atoms with E-state index >= 15 is 0 Å². The number of hydrogen-bond donors (Lipinski definition) is 1. The molecular weight excluding hydrogens is 250 g/mol. The molecule has 0 aliphatic rings. The zero-order valence-corrected chi connectivity index (χ0v) is 12.0. The highest BCUT2D eigenvalue weighted by Gasteiger charge is 2.16. The minimum absolute atomic E-state index is 0.261. The van der Waals surface area contributed by atoms with Gasteiger partial charge >= 0.3 is 0 Å². The average Bonchev–Trinajstić information content (AvgIpc) is 2.86. The Bertz CT molecular complexity index is 694. The SMILES string of the molecule is CNC(c1cscc1C)c1cccc2ccccc12. The molecule has 3 aromatic rings. The van der Waals surface area contributed by atoms with E-state index < -0.39 is 0 Å². The van der Waals surface area contributed by atoms with Crippen molar-refractivity contribution in [2.45, 2.75) is 13.0 Å². The molecule has 0 radical (unpaired) electrons. The molecule has 1 atom stereocenters. The molecule has 0 aliphatic heterocycles. The number of fused-ring (bicyclic) bond motifs is 1. The first-order valence-electron chi connectivity index (χ1n) is 6.49. The molecule has 0 amide bonds. The first-order valence-corrected chi connectivity index (χ1v) is 7.43. The molecule has 0 saturated heterocycles. The lowest BCUT2D eigenvalue weighted by atomic mass is 9.94. The van der Waals surface area contributed by atoms with Gasteiger partial charge in [0, 0.05) is 0 Å². The molecular formula is C17H17NS. The lowest BCUT2D eigenvalue weighted by molar-refractivity contribution is 0.695. The minimum atomic E-state index is 0.261. The van der Waals surface area contributed by atoms with Crippen LogP contribution >= 0.6 is 11.3 Å². The van der Waals surface area contributed by atoms with Crippen LogP contribution in [0.15, 0.2) is 53.2 Å². The molecule has 1 aromatic heterocycles. The van der Waals surface area contributed by atoms with Crippen LogP contribution in [0.4, 0.5) is 0 Å². The summed E-state index contributed by atoms with van der Waals surface area (Å²) in [5, 5.41) is 10.5. The summed E-state index contributed by atoms with van der Waals surface area (Å²) in [7, 11) is 2.03. The van der Waals surface area contributed by atoms with Crippen LogP contribution < -0.4 is 5.32 Å². The zero-order chi connectivity index (χ0) is 13.2. The fourth-order valence-corrected chi connectivity index (χ4v) is 3.52. The van der Waals surface area contributed by atoms with Crippen molar-refractivity contribution < 1.29 is 0 Å². The average molecular weight is 267 g/mol. The Kier molecular flexibility index (Phi) is 3.36. The molecule has 2 aromatic carbocycles. The van der Waals surface area contributed by atoms with Gasteiger partial charge in [0.25, 0.3) is 0 Å². The molecule has 1 nitrogen and oxygen atoms in total. The van der Waals surface area contributed by atoms with E-state index in [1.807, 2.05) is 7.05 Å². The number of rotatable bonds is 3. The molecule has 1 unspecified atom stereocenters. The fraction of sp³-hybridized carbons (Fsp3) is 0.176. The summed E-state index contributed by atoms with van der Waals surface area (Å²) >= 11 is 1.77.